The molecular formula is C13H12N2O3. The molecule has 5 heteroatoms. The maximum Gasteiger partial charge on any atom is 0.312 e. The fraction of sp³-hybridized carbons (Fsp3) is 0.154. The number of aryl methyl sites for hydroxylation is 1. The number of allylic oxidation sites excluding steroid dienone is 1. The Balaban J connectivity index is 2.65. The highest BCUT2D eigenvalue weighted by Gasteiger charge is 2.18. The van der Waals surface area contributed by atoms with Gasteiger partial charge in [0.2, 0.25) is 5.78 Å². The Morgan fingerprint density at radius 3 is 2.67 bits per heavy atom. The summed E-state index contributed by atoms with van der Waals surface area (Å²) in [5.74, 6) is -0.548. The van der Waals surface area contributed by atoms with Crippen molar-refractivity contribution in [3.8, 4) is 0 Å². The number of rotatable bonds is 3. The number of carbonyl (C=O) groups excluding carboxylic acids is 1. The molecule has 0 aliphatic carbocycles. The van der Waals surface area contributed by atoms with E-state index in [-0.39, 0.29) is 0 Å². The molecule has 0 aliphatic heterocycles. The number of hydrogen-bond acceptors (Lipinski definition) is 3. The van der Waals surface area contributed by atoms with Gasteiger partial charge in [0.05, 0.1) is 4.92 Å². The van der Waals surface area contributed by atoms with Crippen molar-refractivity contribution >= 4 is 22.8 Å². The number of ketones is 1. The van der Waals surface area contributed by atoms with Crippen molar-refractivity contribution in [1.82, 2.24) is 4.57 Å². The lowest BCUT2D eigenvalue weighted by molar-refractivity contribution is -0.417. The summed E-state index contributed by atoms with van der Waals surface area (Å²) in [5.41, 5.74) is 1.25. The van der Waals surface area contributed by atoms with Crippen LogP contribution >= 0.6 is 0 Å². The molecular weight excluding hydrogens is 232 g/mol. The number of Topliss-reactive ketones (excluding diaryl/α,β-unsaturated/α-hetero) is 1. The Bertz CT molecular complexity index is 652. The lowest BCUT2D eigenvalue weighted by Gasteiger charge is -1.94. The molecule has 0 saturated heterocycles. The molecule has 0 atom stereocenters. The molecule has 2 rings (SSSR count). The predicted molar refractivity (Wildman–Crippen MR) is 68.6 cm³/mol. The molecule has 0 unspecified atom stereocenters. The zero-order valence-electron chi connectivity index (χ0n) is 10.1. The Morgan fingerprint density at radius 1 is 1.39 bits per heavy atom. The maximum absolute atomic E-state index is 11.2. The SMILES string of the molecule is CC(=O)C(=Cc1cn(C)c2ccccc12)[N+](=O)[O-]. The normalized spacial score (nSPS) is 11.8. The zero-order valence-corrected chi connectivity index (χ0v) is 10.1. The molecule has 1 aromatic carbocycles. The highest BCUT2D eigenvalue weighted by molar-refractivity contribution is 5.98. The minimum atomic E-state index is -0.649. The third kappa shape index (κ3) is 2.02. The maximum atomic E-state index is 11.2. The van der Waals surface area contributed by atoms with Gasteiger partial charge in [0.1, 0.15) is 0 Å². The molecule has 0 radical (unpaired) electrons. The van der Waals surface area contributed by atoms with Crippen LogP contribution in [-0.4, -0.2) is 15.3 Å². The van der Waals surface area contributed by atoms with Crippen LogP contribution < -0.4 is 0 Å². The summed E-state index contributed by atoms with van der Waals surface area (Å²) in [6.45, 7) is 1.19. The molecule has 18 heavy (non-hydrogen) atoms. The molecule has 0 N–H and O–H groups in total. The fourth-order valence-electron chi connectivity index (χ4n) is 1.92. The van der Waals surface area contributed by atoms with Gasteiger partial charge in [-0.25, -0.2) is 0 Å². The largest absolute Gasteiger partial charge is 0.350 e. The van der Waals surface area contributed by atoms with Crippen LogP contribution in [0.2, 0.25) is 0 Å². The van der Waals surface area contributed by atoms with Crippen LogP contribution in [-0.2, 0) is 11.8 Å². The lowest BCUT2D eigenvalue weighted by Crippen LogP contribution is -2.07. The van der Waals surface area contributed by atoms with Crippen LogP contribution in [0, 0.1) is 10.1 Å². The first kappa shape index (κ1) is 12.0. The number of nitro groups is 1. The number of nitrogens with zero attached hydrogens (tertiary/aromatic N) is 2. The minimum Gasteiger partial charge on any atom is -0.350 e. The third-order valence-electron chi connectivity index (χ3n) is 2.78. The number of aromatic nitrogens is 1. The quantitative estimate of drug-likeness (QED) is 0.473. The molecule has 5 nitrogen and oxygen atoms in total. The van der Waals surface area contributed by atoms with Crippen molar-refractivity contribution in [2.24, 2.45) is 7.05 Å². The van der Waals surface area contributed by atoms with Crippen molar-refractivity contribution in [2.75, 3.05) is 0 Å². The van der Waals surface area contributed by atoms with Crippen molar-refractivity contribution < 1.29 is 9.72 Å². The van der Waals surface area contributed by atoms with Gasteiger partial charge in [-0.1, -0.05) is 18.2 Å². The second kappa shape index (κ2) is 4.44. The van der Waals surface area contributed by atoms with Crippen LogP contribution in [0.3, 0.4) is 0 Å². The third-order valence-corrected chi connectivity index (χ3v) is 2.78. The predicted octanol–water partition coefficient (Wildman–Crippen LogP) is 2.38. The van der Waals surface area contributed by atoms with E-state index in [1.165, 1.54) is 13.0 Å². The lowest BCUT2D eigenvalue weighted by atomic mass is 10.1. The molecule has 0 bridgehead atoms. The number of para-hydroxylation sites is 1. The second-order valence-electron chi connectivity index (χ2n) is 4.06. The van der Waals surface area contributed by atoms with Crippen molar-refractivity contribution in [3.63, 3.8) is 0 Å². The van der Waals surface area contributed by atoms with Gasteiger partial charge in [0.15, 0.2) is 0 Å². The Labute approximate surface area is 103 Å². The minimum absolute atomic E-state index is 0.397. The standard InChI is InChI=1S/C13H12N2O3/c1-9(16)13(15(17)18)7-10-8-14(2)12-6-4-3-5-11(10)12/h3-8H,1-2H3. The van der Waals surface area contributed by atoms with E-state index in [9.17, 15) is 14.9 Å². The summed E-state index contributed by atoms with van der Waals surface area (Å²) in [5, 5.41) is 11.7. The van der Waals surface area contributed by atoms with Crippen LogP contribution in [0.4, 0.5) is 0 Å². The van der Waals surface area contributed by atoms with Crippen LogP contribution in [0.15, 0.2) is 36.2 Å². The van der Waals surface area contributed by atoms with Crippen LogP contribution in [0.5, 0.6) is 0 Å². The first-order valence-electron chi connectivity index (χ1n) is 5.42. The molecule has 0 saturated carbocycles. The summed E-state index contributed by atoms with van der Waals surface area (Å²) in [6.07, 6.45) is 3.10. The smallest absolute Gasteiger partial charge is 0.312 e. The molecule has 1 aromatic heterocycles. The molecule has 0 fully saturated rings. The average molecular weight is 244 g/mol. The van der Waals surface area contributed by atoms with Gasteiger partial charge in [-0.15, -0.1) is 0 Å². The molecule has 0 spiro atoms. The first-order chi connectivity index (χ1) is 8.50. The molecule has 0 amide bonds. The number of benzene rings is 1. The van der Waals surface area contributed by atoms with E-state index in [0.29, 0.717) is 5.56 Å². The molecule has 0 aliphatic rings. The fourth-order valence-corrected chi connectivity index (χ4v) is 1.92. The number of hydrogen-bond donors (Lipinski definition) is 0. The van der Waals surface area contributed by atoms with Crippen molar-refractivity contribution in [3.05, 3.63) is 51.8 Å². The number of carbonyl (C=O) groups is 1. The number of fused-ring (bicyclic) bond motifs is 1. The van der Waals surface area contributed by atoms with Crippen molar-refractivity contribution in [2.45, 2.75) is 6.92 Å². The summed E-state index contributed by atoms with van der Waals surface area (Å²) in [7, 11) is 1.86. The van der Waals surface area contributed by atoms with Crippen molar-refractivity contribution in [1.29, 1.82) is 0 Å². The van der Waals surface area contributed by atoms with E-state index in [2.05, 4.69) is 0 Å². The highest BCUT2D eigenvalue weighted by Crippen LogP contribution is 2.22. The topological polar surface area (TPSA) is 65.1 Å². The molecule has 2 aromatic rings. The second-order valence-corrected chi connectivity index (χ2v) is 4.06. The Morgan fingerprint density at radius 2 is 2.06 bits per heavy atom. The molecule has 92 valence electrons. The van der Waals surface area contributed by atoms with E-state index >= 15 is 0 Å². The van der Waals surface area contributed by atoms with Gasteiger partial charge < -0.3 is 4.57 Å². The summed E-state index contributed by atoms with van der Waals surface area (Å²) < 4.78 is 1.87. The zero-order chi connectivity index (χ0) is 13.3. The van der Waals surface area contributed by atoms with Gasteiger partial charge in [-0.3, -0.25) is 14.9 Å². The van der Waals surface area contributed by atoms with Crippen LogP contribution in [0.1, 0.15) is 12.5 Å². The first-order valence-corrected chi connectivity index (χ1v) is 5.42. The van der Waals surface area contributed by atoms with Gasteiger partial charge in [0.25, 0.3) is 0 Å². The van der Waals surface area contributed by atoms with Gasteiger partial charge in [0, 0.05) is 42.7 Å². The van der Waals surface area contributed by atoms with E-state index in [0.717, 1.165) is 10.9 Å². The summed E-state index contributed by atoms with van der Waals surface area (Å²) in [6, 6.07) is 7.56. The summed E-state index contributed by atoms with van der Waals surface area (Å²) in [4.78, 5) is 21.4. The van der Waals surface area contributed by atoms with E-state index < -0.39 is 16.4 Å². The molecule has 1 heterocycles. The van der Waals surface area contributed by atoms with Crippen LogP contribution in [0.25, 0.3) is 17.0 Å². The highest BCUT2D eigenvalue weighted by atomic mass is 16.6. The summed E-state index contributed by atoms with van der Waals surface area (Å²) >= 11 is 0. The van der Waals surface area contributed by atoms with E-state index in [1.54, 1.807) is 6.20 Å². The van der Waals surface area contributed by atoms with E-state index in [4.69, 9.17) is 0 Å². The Kier molecular flexibility index (Phi) is 2.97. The monoisotopic (exact) mass is 244 g/mol. The van der Waals surface area contributed by atoms with Gasteiger partial charge in [-0.2, -0.15) is 0 Å². The van der Waals surface area contributed by atoms with E-state index in [1.807, 2.05) is 35.9 Å². The van der Waals surface area contributed by atoms with Gasteiger partial charge >= 0.3 is 5.70 Å². The Hall–Kier alpha value is -2.43. The van der Waals surface area contributed by atoms with Gasteiger partial charge in [-0.05, 0) is 6.07 Å². The average Bonchev–Trinajstić information content (AvgIpc) is 2.63.